The molecule has 23 heavy (non-hydrogen) atoms. The number of hydrogen-bond acceptors (Lipinski definition) is 6. The van der Waals surface area contributed by atoms with Gasteiger partial charge in [-0.1, -0.05) is 0 Å². The number of piperazine rings is 1. The quantitative estimate of drug-likeness (QED) is 0.130. The van der Waals surface area contributed by atoms with E-state index >= 15 is 0 Å². The number of phosphoric acid groups is 3. The molecule has 11 N–H and O–H groups in total. The Morgan fingerprint density at radius 2 is 0.826 bits per heavy atom. The first-order chi connectivity index (χ1) is 8.71. The molecule has 1 heterocycles. The summed E-state index contributed by atoms with van der Waals surface area (Å²) in [6.45, 7) is 4.56. The minimum Gasteiger partial charge on any atom is -0.412 e. The summed E-state index contributed by atoms with van der Waals surface area (Å²) in [4.78, 5) is 52.6. The zero-order valence-electron chi connectivity index (χ0n) is 11.8. The van der Waals surface area contributed by atoms with Crippen LogP contribution in [0.3, 0.4) is 0 Å². The third kappa shape index (κ3) is 59.6. The monoisotopic (exact) mass is 508 g/mol. The molecule has 0 aliphatic carbocycles. The molecule has 0 unspecified atom stereocenters. The summed E-state index contributed by atoms with van der Waals surface area (Å²) < 4.78 is 31.1. The summed E-state index contributed by atoms with van der Waals surface area (Å²) in [5.74, 6) is 0. The Balaban J connectivity index is -0.0000000688. The summed E-state index contributed by atoms with van der Waals surface area (Å²) in [7, 11) is -14.7. The number of rotatable bonds is 2. The molecule has 19 heteroatoms. The first kappa shape index (κ1) is 35.6. The molecule has 0 spiro atoms. The molecule has 0 radical (unpaired) electrons. The summed E-state index contributed by atoms with van der Waals surface area (Å²) in [6, 6.07) is 0. The van der Waals surface area contributed by atoms with Crippen molar-refractivity contribution < 1.29 is 96.7 Å². The van der Waals surface area contributed by atoms with Crippen LogP contribution in [0, 0.1) is 0 Å². The van der Waals surface area contributed by atoms with Crippen LogP contribution in [-0.2, 0) is 57.0 Å². The predicted molar refractivity (Wildman–Crippen MR) is 68.8 cm³/mol. The van der Waals surface area contributed by atoms with Crippen molar-refractivity contribution in [3.8, 4) is 0 Å². The first-order valence-corrected chi connectivity index (χ1v) is 9.35. The largest absolute Gasteiger partial charge is 0.478 e. The van der Waals surface area contributed by atoms with Gasteiger partial charge < -0.3 is 50.4 Å². The van der Waals surface area contributed by atoms with Gasteiger partial charge in [0.15, 0.2) is 0 Å². The molecule has 136 valence electrons. The van der Waals surface area contributed by atoms with Gasteiger partial charge in [0.2, 0.25) is 0 Å². The molecular formula is C4H19N2O12P3Zn2. The number of nitrogens with one attached hydrogen (secondary N) is 2. The molecule has 0 aromatic carbocycles. The third-order valence-corrected chi connectivity index (χ3v) is 2.87. The molecule has 0 saturated carbocycles. The van der Waals surface area contributed by atoms with E-state index < -0.39 is 23.5 Å². The van der Waals surface area contributed by atoms with Crippen LogP contribution in [0.25, 0.3) is 0 Å². The normalized spacial score (nSPS) is 14.2. The van der Waals surface area contributed by atoms with E-state index in [1.807, 2.05) is 0 Å². The average molecular weight is 511 g/mol. The Morgan fingerprint density at radius 1 is 0.652 bits per heavy atom. The van der Waals surface area contributed by atoms with Crippen LogP contribution in [0.1, 0.15) is 0 Å². The van der Waals surface area contributed by atoms with Gasteiger partial charge in [-0.05, 0) is 0 Å². The minimum absolute atomic E-state index is 0. The van der Waals surface area contributed by atoms with Crippen LogP contribution >= 0.6 is 23.5 Å². The molecular weight excluding hydrogens is 492 g/mol. The van der Waals surface area contributed by atoms with Gasteiger partial charge in [0, 0.05) is 65.1 Å². The second-order valence-electron chi connectivity index (χ2n) is 3.08. The zero-order chi connectivity index (χ0) is 16.4. The fraction of sp³-hybridized carbons (Fsp3) is 1.00. The standard InChI is InChI=1S/C4H10N2.H4O7P2.H3O4P.H2O.2Zn/c1-2-6-4-3-5-1;1-8(2,3)7-9(4,5)6;1-5(2,3)4;;;/h5-6H,1-4H2;(H2,1,2,3)(H2,4,5,6);(H3,1,2,3,4);1H2;;. The van der Waals surface area contributed by atoms with Crippen molar-refractivity contribution in [1.82, 2.24) is 10.6 Å². The third-order valence-electron chi connectivity index (χ3n) is 1.17. The molecule has 0 aromatic heterocycles. The van der Waals surface area contributed by atoms with Crippen LogP contribution in [0.5, 0.6) is 0 Å². The van der Waals surface area contributed by atoms with E-state index in [-0.39, 0.29) is 44.4 Å². The second kappa shape index (κ2) is 16.9. The molecule has 0 bridgehead atoms. The topological polar surface area (TPSA) is 258 Å². The van der Waals surface area contributed by atoms with Crippen molar-refractivity contribution in [3.05, 3.63) is 0 Å². The summed E-state index contributed by atoms with van der Waals surface area (Å²) >= 11 is 0. The van der Waals surface area contributed by atoms with Gasteiger partial charge in [0.25, 0.3) is 0 Å². The molecule has 0 amide bonds. The SMILES string of the molecule is C1CNCCN1.O.O=P(O)(O)O.O=P(O)(O)OP(=O)(O)O.[Zn].[Zn]. The summed E-state index contributed by atoms with van der Waals surface area (Å²) in [6.07, 6.45) is 0. The molecule has 14 nitrogen and oxygen atoms in total. The van der Waals surface area contributed by atoms with Gasteiger partial charge in [0.05, 0.1) is 0 Å². The van der Waals surface area contributed by atoms with E-state index in [1.54, 1.807) is 0 Å². The van der Waals surface area contributed by atoms with Crippen molar-refractivity contribution in [2.45, 2.75) is 0 Å². The van der Waals surface area contributed by atoms with Crippen molar-refractivity contribution in [3.63, 3.8) is 0 Å². The Bertz CT molecular complexity index is 350. The predicted octanol–water partition coefficient (Wildman–Crippen LogP) is -3.39. The van der Waals surface area contributed by atoms with E-state index in [4.69, 9.17) is 38.8 Å². The van der Waals surface area contributed by atoms with Gasteiger partial charge >= 0.3 is 23.5 Å². The van der Waals surface area contributed by atoms with Crippen LogP contribution < -0.4 is 10.6 Å². The van der Waals surface area contributed by atoms with Crippen LogP contribution in [0.2, 0.25) is 0 Å². The molecule has 1 aliphatic heterocycles. The number of hydrogen-bond donors (Lipinski definition) is 9. The van der Waals surface area contributed by atoms with Gasteiger partial charge in [0.1, 0.15) is 0 Å². The van der Waals surface area contributed by atoms with E-state index in [0.717, 1.165) is 26.2 Å². The smallest absolute Gasteiger partial charge is 0.412 e. The van der Waals surface area contributed by atoms with Gasteiger partial charge in [-0.15, -0.1) is 0 Å². The fourth-order valence-electron chi connectivity index (χ4n) is 0.742. The first-order valence-electron chi connectivity index (χ1n) is 4.73. The zero-order valence-corrected chi connectivity index (χ0v) is 20.5. The summed E-state index contributed by atoms with van der Waals surface area (Å²) in [5.41, 5.74) is 0. The molecule has 0 atom stereocenters. The van der Waals surface area contributed by atoms with Gasteiger partial charge in [-0.25, -0.2) is 13.7 Å². The van der Waals surface area contributed by atoms with E-state index in [2.05, 4.69) is 14.9 Å². The van der Waals surface area contributed by atoms with Crippen molar-refractivity contribution in [1.29, 1.82) is 0 Å². The molecule has 1 fully saturated rings. The Hall–Kier alpha value is 1.50. The Labute approximate surface area is 157 Å². The molecule has 1 aliphatic rings. The molecule has 1 rings (SSSR count). The van der Waals surface area contributed by atoms with Crippen molar-refractivity contribution in [2.24, 2.45) is 0 Å². The maximum Gasteiger partial charge on any atom is 0.478 e. The summed E-state index contributed by atoms with van der Waals surface area (Å²) in [5, 5.41) is 6.44. The second-order valence-corrected chi connectivity index (χ2v) is 6.72. The van der Waals surface area contributed by atoms with Crippen LogP contribution in [0.15, 0.2) is 0 Å². The molecule has 0 aromatic rings. The van der Waals surface area contributed by atoms with E-state index in [1.165, 1.54) is 0 Å². The maximum absolute atomic E-state index is 9.63. The minimum atomic E-state index is -5.05. The Kier molecular flexibility index (Phi) is 26.2. The van der Waals surface area contributed by atoms with Crippen molar-refractivity contribution in [2.75, 3.05) is 26.2 Å². The van der Waals surface area contributed by atoms with E-state index in [0.29, 0.717) is 0 Å². The van der Waals surface area contributed by atoms with E-state index in [9.17, 15) is 9.13 Å². The van der Waals surface area contributed by atoms with Crippen molar-refractivity contribution >= 4 is 23.5 Å². The maximum atomic E-state index is 9.63. The van der Waals surface area contributed by atoms with Gasteiger partial charge in [-0.2, -0.15) is 4.31 Å². The Morgan fingerprint density at radius 3 is 0.870 bits per heavy atom. The van der Waals surface area contributed by atoms with Gasteiger partial charge in [-0.3, -0.25) is 0 Å². The van der Waals surface area contributed by atoms with Crippen LogP contribution in [0.4, 0.5) is 0 Å². The fourth-order valence-corrected chi connectivity index (χ4v) is 1.85. The molecule has 1 saturated heterocycles. The van der Waals surface area contributed by atoms with Crippen LogP contribution in [-0.4, -0.2) is 65.9 Å². The average Bonchev–Trinajstić information content (AvgIpc) is 2.12.